The van der Waals surface area contributed by atoms with Gasteiger partial charge < -0.3 is 10.6 Å². The fraction of sp³-hybridized carbons (Fsp3) is 0.500. The Hall–Kier alpha value is -1.03. The lowest BCUT2D eigenvalue weighted by Gasteiger charge is -2.22. The first-order valence-electron chi connectivity index (χ1n) is 6.37. The van der Waals surface area contributed by atoms with Gasteiger partial charge in [-0.3, -0.25) is 4.79 Å². The molecule has 1 aliphatic carbocycles. The van der Waals surface area contributed by atoms with Crippen molar-refractivity contribution in [2.45, 2.75) is 26.7 Å². The third-order valence-electron chi connectivity index (χ3n) is 3.49. The molecule has 2 rings (SSSR count). The minimum atomic E-state index is 0.0925. The molecule has 1 fully saturated rings. The maximum atomic E-state index is 12.5. The molecule has 4 heteroatoms. The SMILES string of the molecule is CCN(CC1CC1)C(=O)c1cc(Br)cc(N)c1C. The number of carbonyl (C=O) groups excluding carboxylic acids is 1. The number of rotatable bonds is 4. The molecule has 1 saturated carbocycles. The number of hydrogen-bond donors (Lipinski definition) is 1. The van der Waals surface area contributed by atoms with Crippen LogP contribution in [-0.2, 0) is 0 Å². The average molecular weight is 311 g/mol. The maximum Gasteiger partial charge on any atom is 0.254 e. The summed E-state index contributed by atoms with van der Waals surface area (Å²) in [6.45, 7) is 5.55. The van der Waals surface area contributed by atoms with Crippen molar-refractivity contribution in [3.63, 3.8) is 0 Å². The van der Waals surface area contributed by atoms with E-state index in [1.54, 1.807) is 0 Å². The van der Waals surface area contributed by atoms with Crippen LogP contribution in [0.4, 0.5) is 5.69 Å². The number of carbonyl (C=O) groups is 1. The molecule has 1 aromatic rings. The fourth-order valence-corrected chi connectivity index (χ4v) is 2.54. The van der Waals surface area contributed by atoms with E-state index >= 15 is 0 Å². The molecule has 1 amide bonds. The maximum absolute atomic E-state index is 12.5. The van der Waals surface area contributed by atoms with Gasteiger partial charge >= 0.3 is 0 Å². The first kappa shape index (κ1) is 13.4. The second-order valence-corrected chi connectivity index (χ2v) is 5.87. The van der Waals surface area contributed by atoms with Gasteiger partial charge in [0.15, 0.2) is 0 Å². The molecular weight excluding hydrogens is 292 g/mol. The number of nitrogens with zero attached hydrogens (tertiary/aromatic N) is 1. The van der Waals surface area contributed by atoms with Gasteiger partial charge in [0.05, 0.1) is 0 Å². The first-order valence-corrected chi connectivity index (χ1v) is 7.17. The molecule has 0 bridgehead atoms. The summed E-state index contributed by atoms with van der Waals surface area (Å²) < 4.78 is 0.858. The van der Waals surface area contributed by atoms with Crippen molar-refractivity contribution in [3.05, 3.63) is 27.7 Å². The normalized spacial score (nSPS) is 14.6. The van der Waals surface area contributed by atoms with Crippen LogP contribution < -0.4 is 5.73 Å². The van der Waals surface area contributed by atoms with E-state index in [9.17, 15) is 4.79 Å². The summed E-state index contributed by atoms with van der Waals surface area (Å²) in [6, 6.07) is 3.70. The van der Waals surface area contributed by atoms with E-state index in [2.05, 4.69) is 15.9 Å². The van der Waals surface area contributed by atoms with E-state index in [0.717, 1.165) is 23.1 Å². The Balaban J connectivity index is 2.25. The predicted molar refractivity (Wildman–Crippen MR) is 77.6 cm³/mol. The standard InChI is InChI=1S/C14H19BrN2O/c1-3-17(8-10-4-5-10)14(18)12-6-11(15)7-13(16)9(12)2/h6-7,10H,3-5,8,16H2,1-2H3. The number of halogens is 1. The van der Waals surface area contributed by atoms with Gasteiger partial charge in [-0.05, 0) is 50.3 Å². The third-order valence-corrected chi connectivity index (χ3v) is 3.95. The molecule has 0 atom stereocenters. The van der Waals surface area contributed by atoms with Crippen LogP contribution in [0.25, 0.3) is 0 Å². The van der Waals surface area contributed by atoms with Crippen LogP contribution in [0.15, 0.2) is 16.6 Å². The second kappa shape index (κ2) is 5.31. The highest BCUT2D eigenvalue weighted by atomic mass is 79.9. The van der Waals surface area contributed by atoms with Gasteiger partial charge in [0.2, 0.25) is 0 Å². The van der Waals surface area contributed by atoms with Crippen LogP contribution >= 0.6 is 15.9 Å². The van der Waals surface area contributed by atoms with E-state index in [0.29, 0.717) is 17.2 Å². The summed E-state index contributed by atoms with van der Waals surface area (Å²) in [5.74, 6) is 0.800. The number of nitrogens with two attached hydrogens (primary N) is 1. The molecule has 18 heavy (non-hydrogen) atoms. The molecule has 0 spiro atoms. The van der Waals surface area contributed by atoms with Crippen LogP contribution in [0.1, 0.15) is 35.7 Å². The van der Waals surface area contributed by atoms with Gasteiger partial charge in [-0.2, -0.15) is 0 Å². The molecule has 2 N–H and O–H groups in total. The summed E-state index contributed by atoms with van der Waals surface area (Å²) >= 11 is 3.40. The van der Waals surface area contributed by atoms with E-state index in [1.807, 2.05) is 30.9 Å². The Morgan fingerprint density at radius 1 is 1.50 bits per heavy atom. The molecule has 1 aromatic carbocycles. The topological polar surface area (TPSA) is 46.3 Å². The van der Waals surface area contributed by atoms with Crippen molar-refractivity contribution in [2.24, 2.45) is 5.92 Å². The first-order chi connectivity index (χ1) is 8.52. The smallest absolute Gasteiger partial charge is 0.254 e. The molecule has 0 heterocycles. The Labute approximate surface area is 116 Å². The van der Waals surface area contributed by atoms with Crippen molar-refractivity contribution in [1.82, 2.24) is 4.90 Å². The van der Waals surface area contributed by atoms with Crippen LogP contribution in [0.2, 0.25) is 0 Å². The largest absolute Gasteiger partial charge is 0.398 e. The Bertz CT molecular complexity index is 469. The summed E-state index contributed by atoms with van der Waals surface area (Å²) in [7, 11) is 0. The second-order valence-electron chi connectivity index (χ2n) is 4.95. The zero-order chi connectivity index (χ0) is 13.3. The third kappa shape index (κ3) is 2.86. The van der Waals surface area contributed by atoms with E-state index in [1.165, 1.54) is 12.8 Å². The average Bonchev–Trinajstić information content (AvgIpc) is 3.13. The van der Waals surface area contributed by atoms with Crippen molar-refractivity contribution < 1.29 is 4.79 Å². The number of amides is 1. The molecule has 1 aliphatic rings. The van der Waals surface area contributed by atoms with Gasteiger partial charge in [0.25, 0.3) is 5.91 Å². The summed E-state index contributed by atoms with van der Waals surface area (Å²) in [6.07, 6.45) is 2.51. The summed E-state index contributed by atoms with van der Waals surface area (Å²) in [5, 5.41) is 0. The molecule has 0 aliphatic heterocycles. The van der Waals surface area contributed by atoms with Crippen LogP contribution in [-0.4, -0.2) is 23.9 Å². The van der Waals surface area contributed by atoms with E-state index in [-0.39, 0.29) is 5.91 Å². The van der Waals surface area contributed by atoms with Gasteiger partial charge in [-0.25, -0.2) is 0 Å². The molecule has 0 unspecified atom stereocenters. The van der Waals surface area contributed by atoms with Crippen LogP contribution in [0.5, 0.6) is 0 Å². The Morgan fingerprint density at radius 2 is 2.17 bits per heavy atom. The summed E-state index contributed by atoms with van der Waals surface area (Å²) in [5.41, 5.74) is 8.16. The van der Waals surface area contributed by atoms with Crippen molar-refractivity contribution in [1.29, 1.82) is 0 Å². The highest BCUT2D eigenvalue weighted by molar-refractivity contribution is 9.10. The van der Waals surface area contributed by atoms with Crippen LogP contribution in [0, 0.1) is 12.8 Å². The fourth-order valence-electron chi connectivity index (χ4n) is 2.06. The van der Waals surface area contributed by atoms with E-state index < -0.39 is 0 Å². The van der Waals surface area contributed by atoms with Gasteiger partial charge in [-0.15, -0.1) is 0 Å². The molecule has 0 aromatic heterocycles. The number of nitrogen functional groups attached to an aromatic ring is 1. The monoisotopic (exact) mass is 310 g/mol. The molecule has 3 nitrogen and oxygen atoms in total. The number of benzene rings is 1. The molecule has 98 valence electrons. The highest BCUT2D eigenvalue weighted by Crippen LogP contribution is 2.31. The van der Waals surface area contributed by atoms with Gasteiger partial charge in [0.1, 0.15) is 0 Å². The van der Waals surface area contributed by atoms with Gasteiger partial charge in [0, 0.05) is 28.8 Å². The minimum Gasteiger partial charge on any atom is -0.398 e. The lowest BCUT2D eigenvalue weighted by atomic mass is 10.1. The quantitative estimate of drug-likeness (QED) is 0.868. The van der Waals surface area contributed by atoms with Crippen molar-refractivity contribution >= 4 is 27.5 Å². The lowest BCUT2D eigenvalue weighted by Crippen LogP contribution is -2.33. The van der Waals surface area contributed by atoms with Crippen molar-refractivity contribution in [3.8, 4) is 0 Å². The predicted octanol–water partition coefficient (Wildman–Crippen LogP) is 3.21. The lowest BCUT2D eigenvalue weighted by molar-refractivity contribution is 0.0756. The highest BCUT2D eigenvalue weighted by Gasteiger charge is 2.27. The van der Waals surface area contributed by atoms with Crippen molar-refractivity contribution in [2.75, 3.05) is 18.8 Å². The Morgan fingerprint density at radius 3 is 2.72 bits per heavy atom. The zero-order valence-corrected chi connectivity index (χ0v) is 12.5. The molecular formula is C14H19BrN2O. The Kier molecular flexibility index (Phi) is 3.95. The summed E-state index contributed by atoms with van der Waals surface area (Å²) in [4.78, 5) is 14.4. The number of anilines is 1. The molecule has 0 radical (unpaired) electrons. The van der Waals surface area contributed by atoms with Crippen LogP contribution in [0.3, 0.4) is 0 Å². The van der Waals surface area contributed by atoms with Gasteiger partial charge in [-0.1, -0.05) is 15.9 Å². The zero-order valence-electron chi connectivity index (χ0n) is 10.9. The number of hydrogen-bond acceptors (Lipinski definition) is 2. The minimum absolute atomic E-state index is 0.0925. The van der Waals surface area contributed by atoms with E-state index in [4.69, 9.17) is 5.73 Å². The molecule has 0 saturated heterocycles.